The quantitative estimate of drug-likeness (QED) is 0.696. The van der Waals surface area contributed by atoms with Crippen molar-refractivity contribution in [2.45, 2.75) is 59.0 Å². The van der Waals surface area contributed by atoms with Crippen molar-refractivity contribution in [1.82, 2.24) is 10.6 Å². The topological polar surface area (TPSA) is 78.4 Å². The number of terminal acetylenes is 1. The maximum absolute atomic E-state index is 12.0. The van der Waals surface area contributed by atoms with Gasteiger partial charge < -0.3 is 15.7 Å². The van der Waals surface area contributed by atoms with Gasteiger partial charge in [-0.1, -0.05) is 33.6 Å². The number of carbonyl (C=O) groups is 2. The highest BCUT2D eigenvalue weighted by atomic mass is 16.4. The fraction of sp³-hybridized carbons (Fsp3) is 0.750. The van der Waals surface area contributed by atoms with Crippen LogP contribution >= 0.6 is 0 Å². The SMILES string of the molecule is C#CC(CC)NC(=O)NC1CCC(C(=O)O)C(C)(C)C1C. The molecule has 0 saturated heterocycles. The normalized spacial score (nSPS) is 29.0. The summed E-state index contributed by atoms with van der Waals surface area (Å²) in [5.74, 6) is 1.46. The molecule has 0 aliphatic heterocycles. The maximum atomic E-state index is 12.0. The van der Waals surface area contributed by atoms with Gasteiger partial charge in [0, 0.05) is 6.04 Å². The van der Waals surface area contributed by atoms with E-state index in [1.165, 1.54) is 0 Å². The van der Waals surface area contributed by atoms with Crippen LogP contribution in [-0.2, 0) is 4.79 Å². The fourth-order valence-corrected chi connectivity index (χ4v) is 3.07. The van der Waals surface area contributed by atoms with Crippen molar-refractivity contribution in [2.24, 2.45) is 17.3 Å². The summed E-state index contributed by atoms with van der Waals surface area (Å²) in [7, 11) is 0. The molecule has 1 aliphatic rings. The van der Waals surface area contributed by atoms with E-state index in [9.17, 15) is 14.7 Å². The molecule has 1 fully saturated rings. The minimum atomic E-state index is -0.756. The van der Waals surface area contributed by atoms with Crippen LogP contribution in [0.5, 0.6) is 0 Å². The van der Waals surface area contributed by atoms with Crippen molar-refractivity contribution in [2.75, 3.05) is 0 Å². The number of carboxylic acids is 1. The van der Waals surface area contributed by atoms with E-state index in [2.05, 4.69) is 16.6 Å². The smallest absolute Gasteiger partial charge is 0.315 e. The molecule has 1 aliphatic carbocycles. The Bertz CT molecular complexity index is 439. The highest BCUT2D eigenvalue weighted by molar-refractivity contribution is 5.75. The van der Waals surface area contributed by atoms with Crippen molar-refractivity contribution < 1.29 is 14.7 Å². The Balaban J connectivity index is 2.68. The van der Waals surface area contributed by atoms with Crippen LogP contribution in [-0.4, -0.2) is 29.2 Å². The highest BCUT2D eigenvalue weighted by Crippen LogP contribution is 2.45. The van der Waals surface area contributed by atoms with Gasteiger partial charge in [-0.05, 0) is 30.6 Å². The van der Waals surface area contributed by atoms with Gasteiger partial charge in [-0.15, -0.1) is 6.42 Å². The molecule has 21 heavy (non-hydrogen) atoms. The molecule has 118 valence electrons. The molecule has 0 heterocycles. The minimum Gasteiger partial charge on any atom is -0.481 e. The summed E-state index contributed by atoms with van der Waals surface area (Å²) in [5.41, 5.74) is -0.363. The molecule has 1 rings (SSSR count). The van der Waals surface area contributed by atoms with Crippen molar-refractivity contribution in [3.8, 4) is 12.3 Å². The van der Waals surface area contributed by atoms with Crippen molar-refractivity contribution in [3.63, 3.8) is 0 Å². The van der Waals surface area contributed by atoms with Crippen LogP contribution in [0.3, 0.4) is 0 Å². The zero-order chi connectivity index (χ0) is 16.2. The van der Waals surface area contributed by atoms with E-state index >= 15 is 0 Å². The lowest BCUT2D eigenvalue weighted by molar-refractivity contribution is -0.150. The van der Waals surface area contributed by atoms with Gasteiger partial charge in [-0.25, -0.2) is 4.79 Å². The van der Waals surface area contributed by atoms with Crippen molar-refractivity contribution in [3.05, 3.63) is 0 Å². The third-order valence-corrected chi connectivity index (χ3v) is 4.97. The third-order valence-electron chi connectivity index (χ3n) is 4.97. The first-order chi connectivity index (χ1) is 9.73. The lowest BCUT2D eigenvalue weighted by Gasteiger charge is -2.46. The van der Waals surface area contributed by atoms with Gasteiger partial charge in [0.05, 0.1) is 12.0 Å². The zero-order valence-electron chi connectivity index (χ0n) is 13.3. The number of rotatable bonds is 4. The zero-order valence-corrected chi connectivity index (χ0v) is 13.3. The van der Waals surface area contributed by atoms with Crippen LogP contribution in [0.4, 0.5) is 4.79 Å². The molecule has 5 heteroatoms. The van der Waals surface area contributed by atoms with E-state index in [1.807, 2.05) is 27.7 Å². The van der Waals surface area contributed by atoms with E-state index in [4.69, 9.17) is 6.42 Å². The number of aliphatic carboxylic acids is 1. The number of carboxylic acid groups (broad SMARTS) is 1. The summed E-state index contributed by atoms with van der Waals surface area (Å²) in [6.07, 6.45) is 7.25. The second kappa shape index (κ2) is 6.84. The first kappa shape index (κ1) is 17.4. The molecule has 0 spiro atoms. The van der Waals surface area contributed by atoms with Gasteiger partial charge in [0.25, 0.3) is 0 Å². The van der Waals surface area contributed by atoms with Gasteiger partial charge in [0.15, 0.2) is 0 Å². The summed E-state index contributed by atoms with van der Waals surface area (Å²) >= 11 is 0. The van der Waals surface area contributed by atoms with E-state index in [1.54, 1.807) is 0 Å². The third kappa shape index (κ3) is 3.90. The molecular formula is C16H26N2O3. The average molecular weight is 294 g/mol. The predicted molar refractivity (Wildman–Crippen MR) is 81.7 cm³/mol. The highest BCUT2D eigenvalue weighted by Gasteiger charge is 2.46. The Morgan fingerprint density at radius 2 is 2.05 bits per heavy atom. The number of carbonyl (C=O) groups excluding carboxylic acids is 1. The van der Waals surface area contributed by atoms with Gasteiger partial charge in [-0.3, -0.25) is 4.79 Å². The van der Waals surface area contributed by atoms with Crippen LogP contribution in [0.25, 0.3) is 0 Å². The van der Waals surface area contributed by atoms with E-state index in [0.29, 0.717) is 19.3 Å². The minimum absolute atomic E-state index is 0.0362. The average Bonchev–Trinajstić information content (AvgIpc) is 2.40. The van der Waals surface area contributed by atoms with E-state index in [-0.39, 0.29) is 35.4 Å². The van der Waals surface area contributed by atoms with E-state index in [0.717, 1.165) is 0 Å². The number of nitrogens with one attached hydrogen (secondary N) is 2. The second-order valence-corrected chi connectivity index (χ2v) is 6.43. The molecule has 4 unspecified atom stereocenters. The lowest BCUT2D eigenvalue weighted by Crippen LogP contribution is -2.55. The summed E-state index contributed by atoms with van der Waals surface area (Å²) in [6.45, 7) is 7.82. The molecule has 0 aromatic heterocycles. The maximum Gasteiger partial charge on any atom is 0.315 e. The van der Waals surface area contributed by atoms with Gasteiger partial charge in [-0.2, -0.15) is 0 Å². The second-order valence-electron chi connectivity index (χ2n) is 6.43. The Morgan fingerprint density at radius 3 is 2.52 bits per heavy atom. The van der Waals surface area contributed by atoms with Gasteiger partial charge in [0.1, 0.15) is 0 Å². The lowest BCUT2D eigenvalue weighted by atomic mass is 9.61. The molecule has 1 saturated carbocycles. The monoisotopic (exact) mass is 294 g/mol. The molecule has 5 nitrogen and oxygen atoms in total. The first-order valence-corrected chi connectivity index (χ1v) is 7.50. The molecule has 4 atom stereocenters. The molecule has 3 N–H and O–H groups in total. The summed E-state index contributed by atoms with van der Waals surface area (Å²) in [4.78, 5) is 23.3. The fourth-order valence-electron chi connectivity index (χ4n) is 3.07. The molecule has 0 aromatic carbocycles. The van der Waals surface area contributed by atoms with Crippen molar-refractivity contribution in [1.29, 1.82) is 0 Å². The Hall–Kier alpha value is -1.70. The molecular weight excluding hydrogens is 268 g/mol. The van der Waals surface area contributed by atoms with Crippen LogP contribution in [0, 0.1) is 29.6 Å². The van der Waals surface area contributed by atoms with Crippen LogP contribution < -0.4 is 10.6 Å². The van der Waals surface area contributed by atoms with Crippen LogP contribution in [0.2, 0.25) is 0 Å². The molecule has 0 radical (unpaired) electrons. The first-order valence-electron chi connectivity index (χ1n) is 7.50. The molecule has 0 aromatic rings. The van der Waals surface area contributed by atoms with Crippen LogP contribution in [0.15, 0.2) is 0 Å². The Kier molecular flexibility index (Phi) is 5.65. The number of amides is 2. The predicted octanol–water partition coefficient (Wildman–Crippen LogP) is 2.22. The Morgan fingerprint density at radius 1 is 1.43 bits per heavy atom. The Labute approximate surface area is 126 Å². The number of hydrogen-bond donors (Lipinski definition) is 3. The standard InChI is InChI=1S/C16H26N2O3/c1-6-11(7-2)17-15(21)18-13-9-8-12(14(19)20)16(4,5)10(13)3/h1,10-13H,7-9H2,2-5H3,(H,19,20)(H2,17,18,21). The number of urea groups is 1. The van der Waals surface area contributed by atoms with Gasteiger partial charge >= 0.3 is 12.0 Å². The van der Waals surface area contributed by atoms with Gasteiger partial charge in [0.2, 0.25) is 0 Å². The largest absolute Gasteiger partial charge is 0.481 e. The van der Waals surface area contributed by atoms with Crippen molar-refractivity contribution >= 4 is 12.0 Å². The summed E-state index contributed by atoms with van der Waals surface area (Å²) in [6, 6.07) is -0.587. The molecule has 0 bridgehead atoms. The molecule has 2 amide bonds. The van der Waals surface area contributed by atoms with Crippen LogP contribution in [0.1, 0.15) is 47.0 Å². The summed E-state index contributed by atoms with van der Waals surface area (Å²) < 4.78 is 0. The number of hydrogen-bond acceptors (Lipinski definition) is 2. The van der Waals surface area contributed by atoms with E-state index < -0.39 is 5.97 Å². The summed E-state index contributed by atoms with van der Waals surface area (Å²) in [5, 5.41) is 15.0.